The zero-order valence-electron chi connectivity index (χ0n) is 12.8. The van der Waals surface area contributed by atoms with E-state index in [1.165, 1.54) is 38.1 Å². The molecule has 0 spiro atoms. The summed E-state index contributed by atoms with van der Waals surface area (Å²) in [6.45, 7) is 6.72. The largest absolute Gasteiger partial charge is 0.311 e. The summed E-state index contributed by atoms with van der Waals surface area (Å²) in [5, 5.41) is 3.33. The lowest BCUT2D eigenvalue weighted by molar-refractivity contribution is 0.204. The molecule has 1 heterocycles. The second kappa shape index (κ2) is 7.14. The van der Waals surface area contributed by atoms with Crippen LogP contribution < -0.4 is 5.32 Å². The molecule has 2 atom stereocenters. The molecule has 0 aliphatic heterocycles. The molecule has 1 aliphatic rings. The molecule has 4 heteroatoms. The zero-order valence-corrected chi connectivity index (χ0v) is 12.8. The lowest BCUT2D eigenvalue weighted by Gasteiger charge is -2.30. The standard InChI is InChI=1S/C16H26FN3/c1-4-9-20(14-6-7-14)11-12(2)16(18-3)15-8-5-13(17)10-19-15/h5,8,10,12,14,16,18H,4,6-7,9,11H2,1-3H3. The first-order valence-corrected chi connectivity index (χ1v) is 7.68. The summed E-state index contributed by atoms with van der Waals surface area (Å²) in [6, 6.07) is 4.24. The minimum Gasteiger partial charge on any atom is -0.311 e. The molecule has 1 aliphatic carbocycles. The Balaban J connectivity index is 2.00. The van der Waals surface area contributed by atoms with Gasteiger partial charge in [-0.05, 0) is 50.9 Å². The first-order chi connectivity index (χ1) is 9.65. The summed E-state index contributed by atoms with van der Waals surface area (Å²) in [4.78, 5) is 6.82. The van der Waals surface area contributed by atoms with Gasteiger partial charge in [0.25, 0.3) is 0 Å². The number of aromatic nitrogens is 1. The van der Waals surface area contributed by atoms with Gasteiger partial charge in [0, 0.05) is 12.6 Å². The maximum Gasteiger partial charge on any atom is 0.141 e. The molecule has 0 aromatic carbocycles. The number of nitrogens with one attached hydrogen (secondary N) is 1. The van der Waals surface area contributed by atoms with Gasteiger partial charge in [0.15, 0.2) is 0 Å². The Bertz CT molecular complexity index is 403. The van der Waals surface area contributed by atoms with Crippen LogP contribution in [0.1, 0.15) is 44.8 Å². The summed E-state index contributed by atoms with van der Waals surface area (Å²) < 4.78 is 13.0. The van der Waals surface area contributed by atoms with Crippen molar-refractivity contribution in [3.63, 3.8) is 0 Å². The Morgan fingerprint density at radius 2 is 2.20 bits per heavy atom. The highest BCUT2D eigenvalue weighted by atomic mass is 19.1. The number of hydrogen-bond acceptors (Lipinski definition) is 3. The van der Waals surface area contributed by atoms with Crippen molar-refractivity contribution in [3.05, 3.63) is 29.8 Å². The highest BCUT2D eigenvalue weighted by Gasteiger charge is 2.31. The van der Waals surface area contributed by atoms with Gasteiger partial charge >= 0.3 is 0 Å². The summed E-state index contributed by atoms with van der Waals surface area (Å²) in [5.41, 5.74) is 0.925. The monoisotopic (exact) mass is 279 g/mol. The van der Waals surface area contributed by atoms with E-state index >= 15 is 0 Å². The molecule has 0 amide bonds. The van der Waals surface area contributed by atoms with Gasteiger partial charge in [-0.2, -0.15) is 0 Å². The van der Waals surface area contributed by atoms with Crippen molar-refractivity contribution in [2.75, 3.05) is 20.1 Å². The maximum absolute atomic E-state index is 13.0. The molecule has 20 heavy (non-hydrogen) atoms. The van der Waals surface area contributed by atoms with Crippen LogP contribution in [0.3, 0.4) is 0 Å². The van der Waals surface area contributed by atoms with E-state index in [0.717, 1.165) is 18.3 Å². The van der Waals surface area contributed by atoms with Crippen LogP contribution >= 0.6 is 0 Å². The Morgan fingerprint density at radius 1 is 1.45 bits per heavy atom. The van der Waals surface area contributed by atoms with Gasteiger partial charge in [0.1, 0.15) is 5.82 Å². The molecule has 0 bridgehead atoms. The minimum absolute atomic E-state index is 0.175. The van der Waals surface area contributed by atoms with Crippen molar-refractivity contribution in [3.8, 4) is 0 Å². The topological polar surface area (TPSA) is 28.2 Å². The van der Waals surface area contributed by atoms with Crippen molar-refractivity contribution in [2.24, 2.45) is 5.92 Å². The van der Waals surface area contributed by atoms with Crippen LogP contribution in [0.4, 0.5) is 4.39 Å². The normalized spacial score (nSPS) is 18.2. The van der Waals surface area contributed by atoms with E-state index in [2.05, 4.69) is 29.0 Å². The van der Waals surface area contributed by atoms with Gasteiger partial charge in [-0.25, -0.2) is 4.39 Å². The van der Waals surface area contributed by atoms with E-state index in [9.17, 15) is 4.39 Å². The predicted octanol–water partition coefficient (Wildman–Crippen LogP) is 2.99. The molecule has 1 aromatic heterocycles. The summed E-state index contributed by atoms with van der Waals surface area (Å²) in [6.07, 6.45) is 5.18. The van der Waals surface area contributed by atoms with Crippen molar-refractivity contribution < 1.29 is 4.39 Å². The van der Waals surface area contributed by atoms with E-state index in [-0.39, 0.29) is 11.9 Å². The van der Waals surface area contributed by atoms with Gasteiger partial charge in [-0.1, -0.05) is 13.8 Å². The molecular weight excluding hydrogens is 253 g/mol. The maximum atomic E-state index is 13.0. The second-order valence-electron chi connectivity index (χ2n) is 5.87. The molecule has 1 N–H and O–H groups in total. The smallest absolute Gasteiger partial charge is 0.141 e. The number of rotatable bonds is 8. The lowest BCUT2D eigenvalue weighted by atomic mass is 9.97. The highest BCUT2D eigenvalue weighted by molar-refractivity contribution is 5.11. The van der Waals surface area contributed by atoms with E-state index in [0.29, 0.717) is 5.92 Å². The quantitative estimate of drug-likeness (QED) is 0.793. The fourth-order valence-electron chi connectivity index (χ4n) is 2.92. The molecule has 2 rings (SSSR count). The third-order valence-corrected chi connectivity index (χ3v) is 4.05. The Labute approximate surface area is 121 Å². The SMILES string of the molecule is CCCN(CC(C)C(NC)c1ccc(F)cn1)C1CC1. The van der Waals surface area contributed by atoms with Crippen LogP contribution in [0.2, 0.25) is 0 Å². The zero-order chi connectivity index (χ0) is 14.5. The lowest BCUT2D eigenvalue weighted by Crippen LogP contribution is -2.36. The average Bonchev–Trinajstić information content (AvgIpc) is 3.26. The number of pyridine rings is 1. The van der Waals surface area contributed by atoms with Crippen LogP contribution in [0.25, 0.3) is 0 Å². The van der Waals surface area contributed by atoms with Crippen molar-refractivity contribution >= 4 is 0 Å². The van der Waals surface area contributed by atoms with Crippen molar-refractivity contribution in [1.29, 1.82) is 0 Å². The van der Waals surface area contributed by atoms with Crippen LogP contribution in [0, 0.1) is 11.7 Å². The summed E-state index contributed by atoms with van der Waals surface area (Å²) >= 11 is 0. The minimum atomic E-state index is -0.276. The Hall–Kier alpha value is -1.00. The van der Waals surface area contributed by atoms with Crippen LogP contribution in [0.15, 0.2) is 18.3 Å². The first-order valence-electron chi connectivity index (χ1n) is 7.68. The fraction of sp³-hybridized carbons (Fsp3) is 0.688. The third-order valence-electron chi connectivity index (χ3n) is 4.05. The van der Waals surface area contributed by atoms with Gasteiger partial charge in [0.2, 0.25) is 0 Å². The molecule has 3 nitrogen and oxygen atoms in total. The molecule has 1 fully saturated rings. The van der Waals surface area contributed by atoms with Gasteiger partial charge in [-0.3, -0.25) is 4.98 Å². The molecule has 0 radical (unpaired) electrons. The fourth-order valence-corrected chi connectivity index (χ4v) is 2.92. The van der Waals surface area contributed by atoms with Gasteiger partial charge < -0.3 is 10.2 Å². The molecule has 2 unspecified atom stereocenters. The van der Waals surface area contributed by atoms with Gasteiger partial charge in [0.05, 0.1) is 17.9 Å². The predicted molar refractivity (Wildman–Crippen MR) is 80.0 cm³/mol. The third kappa shape index (κ3) is 4.00. The Kier molecular flexibility index (Phi) is 5.49. The highest BCUT2D eigenvalue weighted by Crippen LogP contribution is 2.30. The Morgan fingerprint density at radius 3 is 2.70 bits per heavy atom. The molecule has 1 aromatic rings. The molecule has 0 saturated heterocycles. The molecular formula is C16H26FN3. The number of halogens is 1. The van der Waals surface area contributed by atoms with E-state index in [4.69, 9.17) is 0 Å². The van der Waals surface area contributed by atoms with E-state index in [1.54, 1.807) is 6.07 Å². The van der Waals surface area contributed by atoms with Crippen molar-refractivity contribution in [1.82, 2.24) is 15.2 Å². The van der Waals surface area contributed by atoms with E-state index < -0.39 is 0 Å². The average molecular weight is 279 g/mol. The van der Waals surface area contributed by atoms with Crippen LogP contribution in [0.5, 0.6) is 0 Å². The second-order valence-corrected chi connectivity index (χ2v) is 5.87. The van der Waals surface area contributed by atoms with Crippen LogP contribution in [-0.2, 0) is 0 Å². The van der Waals surface area contributed by atoms with Crippen LogP contribution in [-0.4, -0.2) is 36.1 Å². The molecule has 112 valence electrons. The summed E-state index contributed by atoms with van der Waals surface area (Å²) in [5.74, 6) is 0.173. The molecule has 1 saturated carbocycles. The van der Waals surface area contributed by atoms with Crippen molar-refractivity contribution in [2.45, 2.75) is 45.2 Å². The number of hydrogen-bond donors (Lipinski definition) is 1. The first kappa shape index (κ1) is 15.4. The summed E-state index contributed by atoms with van der Waals surface area (Å²) in [7, 11) is 1.95. The number of nitrogens with zero attached hydrogens (tertiary/aromatic N) is 2. The van der Waals surface area contributed by atoms with E-state index in [1.807, 2.05) is 7.05 Å². The van der Waals surface area contributed by atoms with Gasteiger partial charge in [-0.15, -0.1) is 0 Å².